The lowest BCUT2D eigenvalue weighted by Gasteiger charge is -2.30. The van der Waals surface area contributed by atoms with Crippen molar-refractivity contribution in [3.05, 3.63) is 0 Å². The highest BCUT2D eigenvalue weighted by molar-refractivity contribution is 5.74. The molecule has 0 bridgehead atoms. The topological polar surface area (TPSA) is 55.8 Å². The average Bonchev–Trinajstić information content (AvgIpc) is 2.15. The molecule has 4 nitrogen and oxygen atoms in total. The second-order valence-electron chi connectivity index (χ2n) is 4.70. The van der Waals surface area contributed by atoms with Gasteiger partial charge in [0.25, 0.3) is 0 Å². The third-order valence-corrected chi connectivity index (χ3v) is 2.61. The van der Waals surface area contributed by atoms with Crippen molar-refractivity contribution in [3.63, 3.8) is 0 Å². The molecule has 90 valence electrons. The van der Waals surface area contributed by atoms with Crippen LogP contribution in [0.4, 0.5) is 0 Å². The smallest absolute Gasteiger partial charge is 0.314 e. The molecule has 0 aliphatic heterocycles. The minimum Gasteiger partial charge on any atom is -0.481 e. The van der Waals surface area contributed by atoms with Crippen LogP contribution < -0.4 is 0 Å². The van der Waals surface area contributed by atoms with E-state index in [-0.39, 0.29) is 18.8 Å². The van der Waals surface area contributed by atoms with Gasteiger partial charge in [0.15, 0.2) is 0 Å². The van der Waals surface area contributed by atoms with Crippen molar-refractivity contribution in [2.45, 2.75) is 39.7 Å². The Morgan fingerprint density at radius 2 is 1.80 bits per heavy atom. The number of ether oxygens (including phenoxy) is 2. The maximum Gasteiger partial charge on any atom is 0.314 e. The maximum absolute atomic E-state index is 11.1. The molecule has 0 aromatic rings. The summed E-state index contributed by atoms with van der Waals surface area (Å²) >= 11 is 0. The number of carbonyl (C=O) groups is 1. The Hall–Kier alpha value is -0.610. The lowest BCUT2D eigenvalue weighted by atomic mass is 9.92. The van der Waals surface area contributed by atoms with Crippen LogP contribution in [0.25, 0.3) is 0 Å². The summed E-state index contributed by atoms with van der Waals surface area (Å²) in [6.07, 6.45) is 0.843. The predicted octanol–water partition coefficient (Wildman–Crippen LogP) is 1.93. The van der Waals surface area contributed by atoms with Crippen molar-refractivity contribution in [1.82, 2.24) is 0 Å². The van der Waals surface area contributed by atoms with Crippen molar-refractivity contribution in [1.29, 1.82) is 0 Å². The summed E-state index contributed by atoms with van der Waals surface area (Å²) < 4.78 is 10.5. The zero-order chi connectivity index (χ0) is 12.1. The Balaban J connectivity index is 4.37. The van der Waals surface area contributed by atoms with Gasteiger partial charge in [-0.1, -0.05) is 6.92 Å². The summed E-state index contributed by atoms with van der Waals surface area (Å²) in [6, 6.07) is 0. The first kappa shape index (κ1) is 14.4. The van der Waals surface area contributed by atoms with E-state index in [4.69, 9.17) is 14.6 Å². The second kappa shape index (κ2) is 5.47. The fourth-order valence-corrected chi connectivity index (χ4v) is 0.940. The number of carboxylic acids is 1. The number of carboxylic acid groups (broad SMARTS) is 1. The van der Waals surface area contributed by atoms with E-state index in [0.717, 1.165) is 6.42 Å². The van der Waals surface area contributed by atoms with Gasteiger partial charge in [-0.05, 0) is 27.2 Å². The molecule has 0 amide bonds. The van der Waals surface area contributed by atoms with Gasteiger partial charge in [-0.25, -0.2) is 0 Å². The first-order valence-electron chi connectivity index (χ1n) is 5.14. The van der Waals surface area contributed by atoms with Crippen molar-refractivity contribution in [3.8, 4) is 0 Å². The molecule has 0 saturated carbocycles. The van der Waals surface area contributed by atoms with Gasteiger partial charge >= 0.3 is 5.97 Å². The van der Waals surface area contributed by atoms with Crippen molar-refractivity contribution in [2.24, 2.45) is 5.41 Å². The molecule has 4 heteroatoms. The first-order valence-corrected chi connectivity index (χ1v) is 5.14. The van der Waals surface area contributed by atoms with Gasteiger partial charge < -0.3 is 14.6 Å². The van der Waals surface area contributed by atoms with Crippen molar-refractivity contribution in [2.75, 3.05) is 20.3 Å². The summed E-state index contributed by atoms with van der Waals surface area (Å²) in [5.41, 5.74) is -1.26. The Bertz CT molecular complexity index is 213. The normalized spacial score (nSPS) is 16.1. The molecule has 0 saturated heterocycles. The van der Waals surface area contributed by atoms with Crippen LogP contribution in [0.15, 0.2) is 0 Å². The minimum atomic E-state index is -0.971. The zero-order valence-corrected chi connectivity index (χ0v) is 10.3. The van der Waals surface area contributed by atoms with Crippen molar-refractivity contribution < 1.29 is 19.4 Å². The molecule has 0 aromatic carbocycles. The lowest BCUT2D eigenvalue weighted by molar-refractivity contribution is -0.160. The average molecular weight is 218 g/mol. The SMILES string of the molecule is CCC(C)(C)OCC(C)(COC)C(=O)O. The molecule has 0 aliphatic carbocycles. The highest BCUT2D eigenvalue weighted by atomic mass is 16.5. The van der Waals surface area contributed by atoms with Gasteiger partial charge in [-0.15, -0.1) is 0 Å². The maximum atomic E-state index is 11.1. The highest BCUT2D eigenvalue weighted by Crippen LogP contribution is 2.22. The van der Waals surface area contributed by atoms with Gasteiger partial charge in [-0.2, -0.15) is 0 Å². The third kappa shape index (κ3) is 4.62. The van der Waals surface area contributed by atoms with Crippen LogP contribution in [0.3, 0.4) is 0 Å². The Morgan fingerprint density at radius 1 is 1.27 bits per heavy atom. The summed E-state index contributed by atoms with van der Waals surface area (Å²) in [6.45, 7) is 7.85. The Labute approximate surface area is 91.6 Å². The standard InChI is InChI=1S/C11H22O4/c1-6-10(2,3)15-8-11(4,7-14-5)9(12)13/h6-8H2,1-5H3,(H,12,13). The largest absolute Gasteiger partial charge is 0.481 e. The van der Waals surface area contributed by atoms with E-state index >= 15 is 0 Å². The molecule has 1 unspecified atom stereocenters. The number of hydrogen-bond donors (Lipinski definition) is 1. The highest BCUT2D eigenvalue weighted by Gasteiger charge is 2.35. The van der Waals surface area contributed by atoms with E-state index < -0.39 is 11.4 Å². The molecule has 0 rings (SSSR count). The third-order valence-electron chi connectivity index (χ3n) is 2.61. The van der Waals surface area contributed by atoms with E-state index in [1.807, 2.05) is 20.8 Å². The molecule has 1 N–H and O–H groups in total. The molecule has 0 aliphatic rings. The lowest BCUT2D eigenvalue weighted by Crippen LogP contribution is -2.40. The van der Waals surface area contributed by atoms with Gasteiger partial charge in [0, 0.05) is 7.11 Å². The molecule has 0 spiro atoms. The van der Waals surface area contributed by atoms with Gasteiger partial charge in [0.05, 0.1) is 18.8 Å². The quantitative estimate of drug-likeness (QED) is 0.709. The minimum absolute atomic E-state index is 0.155. The first-order chi connectivity index (χ1) is 6.77. The van der Waals surface area contributed by atoms with Crippen LogP contribution in [0.2, 0.25) is 0 Å². The summed E-state index contributed by atoms with van der Waals surface area (Å²) in [5.74, 6) is -0.892. The molecule has 0 fully saturated rings. The van der Waals surface area contributed by atoms with Crippen LogP contribution in [0, 0.1) is 5.41 Å². The molecule has 0 radical (unpaired) electrons. The van der Waals surface area contributed by atoms with E-state index in [1.165, 1.54) is 7.11 Å². The monoisotopic (exact) mass is 218 g/mol. The van der Waals surface area contributed by atoms with Gasteiger partial charge in [-0.3, -0.25) is 4.79 Å². The molecule has 0 heterocycles. The molecular formula is C11H22O4. The fourth-order valence-electron chi connectivity index (χ4n) is 0.940. The Morgan fingerprint density at radius 3 is 2.13 bits per heavy atom. The van der Waals surface area contributed by atoms with E-state index in [2.05, 4.69) is 0 Å². The predicted molar refractivity (Wildman–Crippen MR) is 57.9 cm³/mol. The zero-order valence-electron chi connectivity index (χ0n) is 10.3. The van der Waals surface area contributed by atoms with E-state index in [9.17, 15) is 4.79 Å². The summed E-state index contributed by atoms with van der Waals surface area (Å²) in [4.78, 5) is 11.1. The second-order valence-corrected chi connectivity index (χ2v) is 4.70. The fraction of sp³-hybridized carbons (Fsp3) is 0.909. The van der Waals surface area contributed by atoms with Crippen LogP contribution in [0.1, 0.15) is 34.1 Å². The number of rotatable bonds is 7. The Kier molecular flexibility index (Phi) is 5.24. The van der Waals surface area contributed by atoms with E-state index in [0.29, 0.717) is 0 Å². The molecule has 0 aromatic heterocycles. The molecule has 1 atom stereocenters. The number of hydrogen-bond acceptors (Lipinski definition) is 3. The van der Waals surface area contributed by atoms with Crippen LogP contribution in [0.5, 0.6) is 0 Å². The van der Waals surface area contributed by atoms with Crippen LogP contribution in [-0.2, 0) is 14.3 Å². The number of aliphatic carboxylic acids is 1. The van der Waals surface area contributed by atoms with Gasteiger partial charge in [0.2, 0.25) is 0 Å². The summed E-state index contributed by atoms with van der Waals surface area (Å²) in [5, 5.41) is 9.07. The van der Waals surface area contributed by atoms with Crippen LogP contribution >= 0.6 is 0 Å². The molecular weight excluding hydrogens is 196 g/mol. The molecule has 15 heavy (non-hydrogen) atoms. The number of methoxy groups -OCH3 is 1. The van der Waals surface area contributed by atoms with E-state index in [1.54, 1.807) is 6.92 Å². The van der Waals surface area contributed by atoms with Gasteiger partial charge in [0.1, 0.15) is 5.41 Å². The van der Waals surface area contributed by atoms with Crippen molar-refractivity contribution >= 4 is 5.97 Å². The summed E-state index contributed by atoms with van der Waals surface area (Å²) in [7, 11) is 1.49. The van der Waals surface area contributed by atoms with Crippen LogP contribution in [-0.4, -0.2) is 37.0 Å².